The van der Waals surface area contributed by atoms with Gasteiger partial charge in [0.1, 0.15) is 5.60 Å². The van der Waals surface area contributed by atoms with Crippen LogP contribution in [0.1, 0.15) is 40.0 Å². The van der Waals surface area contributed by atoms with Gasteiger partial charge in [0.2, 0.25) is 0 Å². The summed E-state index contributed by atoms with van der Waals surface area (Å²) < 4.78 is 10.9. The van der Waals surface area contributed by atoms with Gasteiger partial charge in [0.25, 0.3) is 0 Å². The minimum Gasteiger partial charge on any atom is -0.463 e. The van der Waals surface area contributed by atoms with Crippen molar-refractivity contribution in [3.63, 3.8) is 0 Å². The first-order valence-corrected chi connectivity index (χ1v) is 8.29. The fraction of sp³-hybridized carbons (Fsp3) is 0.688. The number of carbonyl (C=O) groups is 1. The first kappa shape index (κ1) is 17.8. The van der Waals surface area contributed by atoms with Crippen molar-refractivity contribution in [2.75, 3.05) is 19.7 Å². The highest BCUT2D eigenvalue weighted by Crippen LogP contribution is 2.22. The number of amides is 1. The number of hydrogen-bond donors (Lipinski definition) is 0. The van der Waals surface area contributed by atoms with Gasteiger partial charge in [-0.05, 0) is 46.0 Å². The third kappa shape index (κ3) is 6.22. The summed E-state index contributed by atoms with van der Waals surface area (Å²) in [5.41, 5.74) is -0.444. The van der Waals surface area contributed by atoms with Gasteiger partial charge < -0.3 is 14.4 Å². The maximum Gasteiger partial charge on any atom is 0.410 e. The maximum absolute atomic E-state index is 12.0. The van der Waals surface area contributed by atoms with Crippen LogP contribution in [0.15, 0.2) is 12.4 Å². The Kier molecular flexibility index (Phi) is 6.04. The molecule has 1 aliphatic rings. The van der Waals surface area contributed by atoms with Crippen LogP contribution in [0, 0.1) is 5.92 Å². The smallest absolute Gasteiger partial charge is 0.410 e. The van der Waals surface area contributed by atoms with E-state index in [0.717, 1.165) is 32.4 Å². The molecule has 0 aromatic carbocycles. The summed E-state index contributed by atoms with van der Waals surface area (Å²) in [4.78, 5) is 21.8. The lowest BCUT2D eigenvalue weighted by molar-refractivity contribution is 0.0177. The Morgan fingerprint density at radius 1 is 1.30 bits per heavy atom. The molecule has 1 fully saturated rings. The van der Waals surface area contributed by atoms with E-state index in [1.54, 1.807) is 4.90 Å². The molecule has 0 radical (unpaired) electrons. The topological polar surface area (TPSA) is 64.5 Å². The molecule has 0 saturated carbocycles. The number of hydrogen-bond acceptors (Lipinski definition) is 5. The van der Waals surface area contributed by atoms with Crippen molar-refractivity contribution in [1.82, 2.24) is 14.9 Å². The molecule has 0 spiro atoms. The molecule has 0 atom stereocenters. The number of halogens is 1. The summed E-state index contributed by atoms with van der Waals surface area (Å²) in [6.45, 7) is 7.68. The molecule has 23 heavy (non-hydrogen) atoms. The Morgan fingerprint density at radius 3 is 2.48 bits per heavy atom. The lowest BCUT2D eigenvalue weighted by Gasteiger charge is -2.33. The van der Waals surface area contributed by atoms with Crippen molar-refractivity contribution in [3.8, 4) is 6.01 Å². The SMILES string of the molecule is CC(C)(C)OC(=O)N1CCC(CCOc2ncc(Cl)cn2)CC1. The van der Waals surface area contributed by atoms with Crippen LogP contribution in [-0.4, -0.2) is 46.3 Å². The van der Waals surface area contributed by atoms with Crippen LogP contribution in [0.5, 0.6) is 6.01 Å². The highest BCUT2D eigenvalue weighted by atomic mass is 35.5. The van der Waals surface area contributed by atoms with Gasteiger partial charge in [0.05, 0.1) is 24.0 Å². The van der Waals surface area contributed by atoms with Crippen LogP contribution >= 0.6 is 11.6 Å². The Hall–Kier alpha value is -1.56. The Balaban J connectivity index is 1.66. The van der Waals surface area contributed by atoms with E-state index in [2.05, 4.69) is 9.97 Å². The summed E-state index contributed by atoms with van der Waals surface area (Å²) in [6, 6.07) is 0.348. The zero-order valence-corrected chi connectivity index (χ0v) is 14.7. The molecule has 0 unspecified atom stereocenters. The van der Waals surface area contributed by atoms with Crippen LogP contribution < -0.4 is 4.74 Å². The summed E-state index contributed by atoms with van der Waals surface area (Å²) in [5.74, 6) is 0.543. The molecule has 1 aliphatic heterocycles. The molecule has 2 rings (SSSR count). The lowest BCUT2D eigenvalue weighted by atomic mass is 9.94. The van der Waals surface area contributed by atoms with Crippen LogP contribution in [0.2, 0.25) is 5.02 Å². The van der Waals surface area contributed by atoms with E-state index in [9.17, 15) is 4.79 Å². The van der Waals surface area contributed by atoms with Crippen molar-refractivity contribution in [1.29, 1.82) is 0 Å². The van der Waals surface area contributed by atoms with Crippen molar-refractivity contribution in [2.45, 2.75) is 45.6 Å². The van der Waals surface area contributed by atoms with Gasteiger partial charge in [-0.15, -0.1) is 0 Å². The zero-order chi connectivity index (χ0) is 16.9. The van der Waals surface area contributed by atoms with Gasteiger partial charge in [-0.1, -0.05) is 11.6 Å². The van der Waals surface area contributed by atoms with E-state index in [0.29, 0.717) is 23.6 Å². The van der Waals surface area contributed by atoms with Crippen LogP contribution in [0.3, 0.4) is 0 Å². The summed E-state index contributed by atoms with van der Waals surface area (Å²) in [5, 5.41) is 0.492. The van der Waals surface area contributed by atoms with E-state index < -0.39 is 5.60 Å². The Bertz CT molecular complexity index is 508. The normalized spacial score (nSPS) is 16.3. The fourth-order valence-electron chi connectivity index (χ4n) is 2.42. The molecule has 6 nitrogen and oxygen atoms in total. The van der Waals surface area contributed by atoms with E-state index in [1.807, 2.05) is 20.8 Å². The van der Waals surface area contributed by atoms with Crippen molar-refractivity contribution < 1.29 is 14.3 Å². The number of rotatable bonds is 4. The molecule has 1 aromatic heterocycles. The third-order valence-corrected chi connectivity index (χ3v) is 3.82. The average molecular weight is 342 g/mol. The van der Waals surface area contributed by atoms with E-state index in [-0.39, 0.29) is 6.09 Å². The minimum absolute atomic E-state index is 0.221. The number of carbonyl (C=O) groups excluding carboxylic acids is 1. The molecular formula is C16H24ClN3O3. The molecular weight excluding hydrogens is 318 g/mol. The van der Waals surface area contributed by atoms with Gasteiger partial charge in [0, 0.05) is 13.1 Å². The van der Waals surface area contributed by atoms with Gasteiger partial charge in [-0.2, -0.15) is 0 Å². The van der Waals surface area contributed by atoms with Gasteiger partial charge in [-0.3, -0.25) is 0 Å². The number of ether oxygens (including phenoxy) is 2. The molecule has 1 amide bonds. The zero-order valence-electron chi connectivity index (χ0n) is 13.9. The summed E-state index contributed by atoms with van der Waals surface area (Å²) >= 11 is 5.72. The summed E-state index contributed by atoms with van der Waals surface area (Å²) in [7, 11) is 0. The number of piperidine rings is 1. The van der Waals surface area contributed by atoms with Crippen LogP contribution in [0.4, 0.5) is 4.79 Å². The van der Waals surface area contributed by atoms with Crippen LogP contribution in [-0.2, 0) is 4.74 Å². The Labute approximate surface area is 142 Å². The maximum atomic E-state index is 12.0. The largest absolute Gasteiger partial charge is 0.463 e. The standard InChI is InChI=1S/C16H24ClN3O3/c1-16(2,3)23-15(21)20-7-4-12(5-8-20)6-9-22-14-18-10-13(17)11-19-14/h10-12H,4-9H2,1-3H3. The predicted molar refractivity (Wildman–Crippen MR) is 87.7 cm³/mol. The van der Waals surface area contributed by atoms with Crippen molar-refractivity contribution >= 4 is 17.7 Å². The average Bonchev–Trinajstić information content (AvgIpc) is 2.48. The molecule has 7 heteroatoms. The molecule has 0 N–H and O–H groups in total. The molecule has 0 bridgehead atoms. The van der Waals surface area contributed by atoms with Crippen molar-refractivity contribution in [3.05, 3.63) is 17.4 Å². The number of aromatic nitrogens is 2. The second-order valence-electron chi connectivity index (χ2n) is 6.73. The van der Waals surface area contributed by atoms with E-state index in [4.69, 9.17) is 21.1 Å². The molecule has 0 aliphatic carbocycles. The first-order chi connectivity index (χ1) is 10.8. The van der Waals surface area contributed by atoms with Gasteiger partial charge >= 0.3 is 12.1 Å². The lowest BCUT2D eigenvalue weighted by Crippen LogP contribution is -2.41. The monoisotopic (exact) mass is 341 g/mol. The molecule has 2 heterocycles. The molecule has 1 aromatic rings. The summed E-state index contributed by atoms with van der Waals surface area (Å²) in [6.07, 6.45) is 5.66. The quantitative estimate of drug-likeness (QED) is 0.838. The van der Waals surface area contributed by atoms with Crippen molar-refractivity contribution in [2.24, 2.45) is 5.92 Å². The number of likely N-dealkylation sites (tertiary alicyclic amines) is 1. The molecule has 1 saturated heterocycles. The second kappa shape index (κ2) is 7.81. The van der Waals surface area contributed by atoms with Gasteiger partial charge in [0.15, 0.2) is 0 Å². The Morgan fingerprint density at radius 2 is 1.91 bits per heavy atom. The number of nitrogens with zero attached hydrogens (tertiary/aromatic N) is 3. The van der Waals surface area contributed by atoms with E-state index in [1.165, 1.54) is 12.4 Å². The van der Waals surface area contributed by atoms with Gasteiger partial charge in [-0.25, -0.2) is 14.8 Å². The first-order valence-electron chi connectivity index (χ1n) is 7.92. The minimum atomic E-state index is -0.444. The second-order valence-corrected chi connectivity index (χ2v) is 7.17. The molecule has 128 valence electrons. The fourth-order valence-corrected chi connectivity index (χ4v) is 2.52. The van der Waals surface area contributed by atoms with E-state index >= 15 is 0 Å². The highest BCUT2D eigenvalue weighted by molar-refractivity contribution is 6.30. The highest BCUT2D eigenvalue weighted by Gasteiger charge is 2.26. The third-order valence-electron chi connectivity index (χ3n) is 3.62. The predicted octanol–water partition coefficient (Wildman–Crippen LogP) is 3.55. The van der Waals surface area contributed by atoms with Crippen LogP contribution in [0.25, 0.3) is 0 Å².